The minimum Gasteiger partial charge on any atom is -0.493 e. The summed E-state index contributed by atoms with van der Waals surface area (Å²) in [4.78, 5) is 4.73. The zero-order valence-electron chi connectivity index (χ0n) is 11.8. The number of hydrogen-bond donors (Lipinski definition) is 2. The second kappa shape index (κ2) is 4.83. The van der Waals surface area contributed by atoms with Crippen molar-refractivity contribution in [3.05, 3.63) is 23.4 Å². The molecule has 1 heterocycles. The third-order valence-electron chi connectivity index (χ3n) is 4.03. The fourth-order valence-electron chi connectivity index (χ4n) is 2.90. The second-order valence-corrected chi connectivity index (χ2v) is 5.19. The zero-order chi connectivity index (χ0) is 14.3. The Hall–Kier alpha value is -2.01. The van der Waals surface area contributed by atoms with E-state index in [1.807, 2.05) is 12.1 Å². The van der Waals surface area contributed by atoms with E-state index in [9.17, 15) is 0 Å². The van der Waals surface area contributed by atoms with Crippen LogP contribution in [-0.4, -0.2) is 25.7 Å². The average molecular weight is 273 g/mol. The number of benzene rings is 1. The lowest BCUT2D eigenvalue weighted by Crippen LogP contribution is -2.14. The summed E-state index contributed by atoms with van der Waals surface area (Å²) in [5.41, 5.74) is 15.9. The number of ether oxygens (including phenoxy) is 2. The van der Waals surface area contributed by atoms with Gasteiger partial charge < -0.3 is 20.9 Å². The number of nitrogens with zero attached hydrogens (tertiary/aromatic N) is 1. The van der Waals surface area contributed by atoms with Crippen LogP contribution in [0.5, 0.6) is 11.5 Å². The normalized spacial score (nSPS) is 17.2. The first-order valence-electron chi connectivity index (χ1n) is 6.71. The predicted octanol–water partition coefficient (Wildman–Crippen LogP) is 1.51. The molecule has 2 aromatic rings. The molecule has 1 aromatic carbocycles. The molecule has 3 rings (SSSR count). The van der Waals surface area contributed by atoms with Crippen LogP contribution < -0.4 is 20.9 Å². The molecule has 1 atom stereocenters. The highest BCUT2D eigenvalue weighted by Crippen LogP contribution is 2.38. The Kier molecular flexibility index (Phi) is 3.14. The zero-order valence-corrected chi connectivity index (χ0v) is 11.8. The molecular weight excluding hydrogens is 254 g/mol. The van der Waals surface area contributed by atoms with Crippen LogP contribution in [0.3, 0.4) is 0 Å². The third-order valence-corrected chi connectivity index (χ3v) is 4.03. The van der Waals surface area contributed by atoms with E-state index in [-0.39, 0.29) is 0 Å². The van der Waals surface area contributed by atoms with Crippen LogP contribution in [0.4, 0.5) is 5.69 Å². The molecule has 0 fully saturated rings. The smallest absolute Gasteiger partial charge is 0.162 e. The maximum absolute atomic E-state index is 6.33. The number of anilines is 1. The number of rotatable bonds is 3. The van der Waals surface area contributed by atoms with Crippen LogP contribution in [0.25, 0.3) is 10.9 Å². The van der Waals surface area contributed by atoms with Gasteiger partial charge in [0.05, 0.1) is 19.7 Å². The Balaban J connectivity index is 2.22. The van der Waals surface area contributed by atoms with Crippen molar-refractivity contribution >= 4 is 16.6 Å². The van der Waals surface area contributed by atoms with Gasteiger partial charge in [-0.3, -0.25) is 4.98 Å². The van der Waals surface area contributed by atoms with Gasteiger partial charge in [0.2, 0.25) is 0 Å². The minimum atomic E-state index is 0.445. The van der Waals surface area contributed by atoms with E-state index < -0.39 is 0 Å². The Morgan fingerprint density at radius 1 is 1.20 bits per heavy atom. The van der Waals surface area contributed by atoms with Gasteiger partial charge in [-0.05, 0) is 36.9 Å². The number of aromatic nitrogens is 1. The van der Waals surface area contributed by atoms with E-state index in [2.05, 4.69) is 0 Å². The summed E-state index contributed by atoms with van der Waals surface area (Å²) >= 11 is 0. The molecule has 0 amide bonds. The lowest BCUT2D eigenvalue weighted by molar-refractivity contribution is 0.356. The maximum atomic E-state index is 6.33. The quantitative estimate of drug-likeness (QED) is 0.885. The van der Waals surface area contributed by atoms with Gasteiger partial charge in [0.15, 0.2) is 11.5 Å². The monoisotopic (exact) mass is 273 g/mol. The van der Waals surface area contributed by atoms with Crippen LogP contribution in [-0.2, 0) is 12.8 Å². The fraction of sp³-hybridized carbons (Fsp3) is 0.400. The van der Waals surface area contributed by atoms with Crippen molar-refractivity contribution < 1.29 is 9.47 Å². The molecule has 20 heavy (non-hydrogen) atoms. The summed E-state index contributed by atoms with van der Waals surface area (Å²) in [6.45, 7) is 0.665. The Morgan fingerprint density at radius 2 is 1.90 bits per heavy atom. The predicted molar refractivity (Wildman–Crippen MR) is 79.2 cm³/mol. The highest BCUT2D eigenvalue weighted by Gasteiger charge is 2.25. The standard InChI is InChI=1S/C15H19N3O2/c1-19-13-5-10-12(6-14(13)20-2)18-11-4-8(7-16)3-9(11)15(10)17/h5-6,8H,3-4,7,16H2,1-2H3,(H2,17,18)/t8-/m1/s1. The molecule has 106 valence electrons. The van der Waals surface area contributed by atoms with E-state index >= 15 is 0 Å². The van der Waals surface area contributed by atoms with Gasteiger partial charge in [-0.25, -0.2) is 0 Å². The van der Waals surface area contributed by atoms with Crippen LogP contribution in [0, 0.1) is 5.92 Å². The summed E-state index contributed by atoms with van der Waals surface area (Å²) in [5.74, 6) is 1.78. The van der Waals surface area contributed by atoms with Crippen molar-refractivity contribution in [1.82, 2.24) is 4.98 Å². The Bertz CT molecular complexity index is 670. The van der Waals surface area contributed by atoms with E-state index in [4.69, 9.17) is 25.9 Å². The van der Waals surface area contributed by atoms with Crippen molar-refractivity contribution in [1.29, 1.82) is 0 Å². The van der Waals surface area contributed by atoms with E-state index in [0.29, 0.717) is 24.0 Å². The largest absolute Gasteiger partial charge is 0.493 e. The van der Waals surface area contributed by atoms with Crippen LogP contribution in [0.1, 0.15) is 11.3 Å². The van der Waals surface area contributed by atoms with Crippen molar-refractivity contribution in [3.8, 4) is 11.5 Å². The van der Waals surface area contributed by atoms with Crippen LogP contribution >= 0.6 is 0 Å². The minimum absolute atomic E-state index is 0.445. The van der Waals surface area contributed by atoms with Crippen LogP contribution in [0.15, 0.2) is 12.1 Å². The second-order valence-electron chi connectivity index (χ2n) is 5.19. The Labute approximate surface area is 117 Å². The van der Waals surface area contributed by atoms with Crippen molar-refractivity contribution in [3.63, 3.8) is 0 Å². The van der Waals surface area contributed by atoms with E-state index in [1.165, 1.54) is 0 Å². The van der Waals surface area contributed by atoms with Crippen LogP contribution in [0.2, 0.25) is 0 Å². The van der Waals surface area contributed by atoms with Gasteiger partial charge in [0.1, 0.15) is 0 Å². The number of fused-ring (bicyclic) bond motifs is 2. The van der Waals surface area contributed by atoms with E-state index in [0.717, 1.165) is 40.7 Å². The van der Waals surface area contributed by atoms with Gasteiger partial charge >= 0.3 is 0 Å². The van der Waals surface area contributed by atoms with E-state index in [1.54, 1.807) is 14.2 Å². The average Bonchev–Trinajstić information content (AvgIpc) is 2.89. The number of nitrogens with two attached hydrogens (primary N) is 2. The highest BCUT2D eigenvalue weighted by atomic mass is 16.5. The molecule has 1 aromatic heterocycles. The topological polar surface area (TPSA) is 83.4 Å². The molecule has 0 bridgehead atoms. The molecule has 0 spiro atoms. The highest BCUT2D eigenvalue weighted by molar-refractivity contribution is 5.94. The lowest BCUT2D eigenvalue weighted by Gasteiger charge is -2.12. The van der Waals surface area contributed by atoms with Gasteiger partial charge in [-0.15, -0.1) is 0 Å². The van der Waals surface area contributed by atoms with Crippen molar-refractivity contribution in [2.45, 2.75) is 12.8 Å². The number of methoxy groups -OCH3 is 2. The molecule has 0 unspecified atom stereocenters. The first-order valence-corrected chi connectivity index (χ1v) is 6.71. The summed E-state index contributed by atoms with van der Waals surface area (Å²) in [5, 5.41) is 0.916. The molecule has 1 aliphatic rings. The summed E-state index contributed by atoms with van der Waals surface area (Å²) in [6, 6.07) is 3.77. The lowest BCUT2D eigenvalue weighted by atomic mass is 10.0. The Morgan fingerprint density at radius 3 is 2.55 bits per heavy atom. The van der Waals surface area contributed by atoms with Crippen molar-refractivity contribution in [2.24, 2.45) is 11.7 Å². The maximum Gasteiger partial charge on any atom is 0.162 e. The third kappa shape index (κ3) is 1.86. The molecule has 5 heteroatoms. The number of nitrogen functional groups attached to an aromatic ring is 1. The molecular formula is C15H19N3O2. The molecule has 0 radical (unpaired) electrons. The molecule has 0 aliphatic heterocycles. The fourth-order valence-corrected chi connectivity index (χ4v) is 2.90. The molecule has 1 aliphatic carbocycles. The molecule has 0 saturated heterocycles. The molecule has 5 nitrogen and oxygen atoms in total. The summed E-state index contributed by atoms with van der Waals surface area (Å²) in [6.07, 6.45) is 1.81. The first-order chi connectivity index (χ1) is 9.67. The van der Waals surface area contributed by atoms with Gasteiger partial charge in [0.25, 0.3) is 0 Å². The first kappa shape index (κ1) is 13.0. The number of pyridine rings is 1. The van der Waals surface area contributed by atoms with Crippen molar-refractivity contribution in [2.75, 3.05) is 26.5 Å². The SMILES string of the molecule is COc1cc2nc3c(c(N)c2cc1OC)C[C@@H](CN)C3. The van der Waals surface area contributed by atoms with Gasteiger partial charge in [-0.1, -0.05) is 0 Å². The summed E-state index contributed by atoms with van der Waals surface area (Å²) in [7, 11) is 3.23. The summed E-state index contributed by atoms with van der Waals surface area (Å²) < 4.78 is 10.7. The molecule has 4 N–H and O–H groups in total. The van der Waals surface area contributed by atoms with Gasteiger partial charge in [0, 0.05) is 22.8 Å². The van der Waals surface area contributed by atoms with Gasteiger partial charge in [-0.2, -0.15) is 0 Å². The number of hydrogen-bond acceptors (Lipinski definition) is 5. The molecule has 0 saturated carbocycles.